The van der Waals surface area contributed by atoms with Gasteiger partial charge >= 0.3 is 0 Å². The van der Waals surface area contributed by atoms with Crippen molar-refractivity contribution in [2.45, 2.75) is 20.8 Å². The van der Waals surface area contributed by atoms with Gasteiger partial charge in [0.15, 0.2) is 5.78 Å². The number of aromatic nitrogens is 1. The second kappa shape index (κ2) is 6.92. The lowest BCUT2D eigenvalue weighted by Crippen LogP contribution is -2.22. The predicted octanol–water partition coefficient (Wildman–Crippen LogP) is 2.82. The maximum Gasteiger partial charge on any atom is 0.266 e. The number of rotatable bonds is 3. The van der Waals surface area contributed by atoms with Crippen molar-refractivity contribution in [3.05, 3.63) is 61.5 Å². The highest BCUT2D eigenvalue weighted by atomic mass is 32.1. The molecule has 26 heavy (non-hydrogen) atoms. The van der Waals surface area contributed by atoms with Crippen molar-refractivity contribution in [3.63, 3.8) is 0 Å². The second-order valence-electron chi connectivity index (χ2n) is 7.16. The molecule has 0 fully saturated rings. The van der Waals surface area contributed by atoms with Gasteiger partial charge in [0.05, 0.1) is 16.3 Å². The minimum Gasteiger partial charge on any atom is -0.497 e. The highest BCUT2D eigenvalue weighted by Gasteiger charge is 2.18. The van der Waals surface area contributed by atoms with Crippen molar-refractivity contribution in [2.24, 2.45) is 5.41 Å². The summed E-state index contributed by atoms with van der Waals surface area (Å²) in [6.45, 7) is 5.57. The number of benzene rings is 2. The number of fused-ring (bicyclic) bond motifs is 1. The predicted molar refractivity (Wildman–Crippen MR) is 107 cm³/mol. The fourth-order valence-electron chi connectivity index (χ4n) is 2.47. The molecule has 2 aromatic carbocycles. The molecule has 0 atom stereocenters. The summed E-state index contributed by atoms with van der Waals surface area (Å²) in [4.78, 5) is 27.1. The molecule has 0 amide bonds. The van der Waals surface area contributed by atoms with E-state index in [2.05, 4.69) is 4.98 Å². The number of hydrogen-bond acceptors (Lipinski definition) is 4. The van der Waals surface area contributed by atoms with Crippen molar-refractivity contribution in [1.82, 2.24) is 4.98 Å². The number of ketones is 1. The number of nitrogens with one attached hydrogen (secondary N) is 1. The number of ether oxygens (including phenoxy) is 1. The van der Waals surface area contributed by atoms with Crippen LogP contribution in [0.4, 0.5) is 0 Å². The molecule has 0 aliphatic rings. The topological polar surface area (TPSA) is 59.2 Å². The quantitative estimate of drug-likeness (QED) is 0.774. The number of hydrogen-bond donors (Lipinski definition) is 1. The molecule has 1 N–H and O–H groups in total. The number of carbonyl (C=O) groups is 1. The van der Waals surface area contributed by atoms with Crippen LogP contribution in [0.25, 0.3) is 22.9 Å². The zero-order valence-corrected chi connectivity index (χ0v) is 16.1. The highest BCUT2D eigenvalue weighted by molar-refractivity contribution is 7.07. The Kier molecular flexibility index (Phi) is 4.83. The fourth-order valence-corrected chi connectivity index (χ4v) is 3.36. The average molecular weight is 367 g/mol. The summed E-state index contributed by atoms with van der Waals surface area (Å²) >= 11 is 1.29. The van der Waals surface area contributed by atoms with E-state index >= 15 is 0 Å². The third kappa shape index (κ3) is 3.94. The maximum absolute atomic E-state index is 12.2. The van der Waals surface area contributed by atoms with E-state index in [0.29, 0.717) is 9.20 Å². The number of carbonyl (C=O) groups excluding carboxylic acids is 1. The number of H-pyrrole nitrogens is 1. The van der Waals surface area contributed by atoms with Crippen LogP contribution in [0.1, 0.15) is 26.3 Å². The van der Waals surface area contributed by atoms with Crippen LogP contribution in [-0.2, 0) is 4.79 Å². The summed E-state index contributed by atoms with van der Waals surface area (Å²) in [7, 11) is 1.64. The molecule has 0 radical (unpaired) electrons. The Morgan fingerprint density at radius 2 is 1.81 bits per heavy atom. The van der Waals surface area contributed by atoms with E-state index in [9.17, 15) is 9.59 Å². The summed E-state index contributed by atoms with van der Waals surface area (Å²) < 4.78 is 6.39. The van der Waals surface area contributed by atoms with Crippen LogP contribution in [0.3, 0.4) is 0 Å². The average Bonchev–Trinajstić information content (AvgIpc) is 2.92. The van der Waals surface area contributed by atoms with Crippen molar-refractivity contribution in [1.29, 1.82) is 0 Å². The Hall–Kier alpha value is -2.66. The minimum atomic E-state index is -0.468. The largest absolute Gasteiger partial charge is 0.497 e. The van der Waals surface area contributed by atoms with Crippen molar-refractivity contribution < 1.29 is 9.53 Å². The molecule has 5 heteroatoms. The fraction of sp³-hybridized carbons (Fsp3) is 0.238. The molecule has 1 aromatic heterocycles. The van der Waals surface area contributed by atoms with Gasteiger partial charge in [0, 0.05) is 11.5 Å². The van der Waals surface area contributed by atoms with Crippen LogP contribution >= 0.6 is 11.3 Å². The molecule has 0 bridgehead atoms. The highest BCUT2D eigenvalue weighted by Crippen LogP contribution is 2.22. The van der Waals surface area contributed by atoms with E-state index in [1.54, 1.807) is 7.11 Å². The molecule has 1 heterocycles. The van der Waals surface area contributed by atoms with Crippen molar-refractivity contribution in [2.75, 3.05) is 7.11 Å². The molecule has 0 saturated heterocycles. The van der Waals surface area contributed by atoms with Gasteiger partial charge in [0.1, 0.15) is 5.75 Å². The van der Waals surface area contributed by atoms with E-state index in [1.807, 2.05) is 63.2 Å². The molecule has 134 valence electrons. The summed E-state index contributed by atoms with van der Waals surface area (Å²) in [5.74, 6) is 0.800. The molecule has 0 spiro atoms. The zero-order valence-electron chi connectivity index (χ0n) is 15.3. The van der Waals surface area contributed by atoms with Gasteiger partial charge in [0.25, 0.3) is 5.56 Å². The van der Waals surface area contributed by atoms with Crippen LogP contribution in [0, 0.1) is 5.41 Å². The van der Waals surface area contributed by atoms with Crippen molar-refractivity contribution >= 4 is 40.0 Å². The molecular weight excluding hydrogens is 346 g/mol. The third-order valence-corrected chi connectivity index (χ3v) is 5.01. The Labute approximate surface area is 155 Å². The number of methoxy groups -OCH3 is 1. The number of thiazole rings is 1. The number of aromatic amines is 1. The third-order valence-electron chi connectivity index (χ3n) is 4.05. The molecule has 0 aliphatic carbocycles. The first-order valence-electron chi connectivity index (χ1n) is 8.31. The SMILES string of the molecule is COc1ccc2cc(/C=c3\s/c(=C\C(=O)C(C)(C)C)[nH]c3=O)ccc2c1. The standard InChI is InChI=1S/C21H21NO3S/c1-21(2,3)18(23)12-19-22-20(24)17(26-19)10-13-5-6-15-11-16(25-4)8-7-14(15)9-13/h5-12H,1-4H3,(H,22,24)/b17-10-,19-12-. The Morgan fingerprint density at radius 1 is 1.12 bits per heavy atom. The summed E-state index contributed by atoms with van der Waals surface area (Å²) in [5.41, 5.74) is 0.283. The number of Topliss-reactive ketones (excluding diaryl/α,β-unsaturated/α-hetero) is 1. The van der Waals surface area contributed by atoms with Gasteiger partial charge in [-0.05, 0) is 40.6 Å². The van der Waals surface area contributed by atoms with Gasteiger partial charge in [0.2, 0.25) is 0 Å². The zero-order chi connectivity index (χ0) is 18.9. The first-order chi connectivity index (χ1) is 12.3. The van der Waals surface area contributed by atoms with E-state index in [4.69, 9.17) is 4.74 Å². The minimum absolute atomic E-state index is 0.0128. The smallest absolute Gasteiger partial charge is 0.266 e. The van der Waals surface area contributed by atoms with Crippen LogP contribution in [0.5, 0.6) is 5.75 Å². The van der Waals surface area contributed by atoms with E-state index < -0.39 is 5.41 Å². The lowest BCUT2D eigenvalue weighted by molar-refractivity contribution is -0.119. The van der Waals surface area contributed by atoms with E-state index in [1.165, 1.54) is 17.4 Å². The summed E-state index contributed by atoms with van der Waals surface area (Å²) in [6, 6.07) is 11.9. The lowest BCUT2D eigenvalue weighted by Gasteiger charge is -2.12. The molecule has 3 aromatic rings. The molecule has 0 unspecified atom stereocenters. The van der Waals surface area contributed by atoms with Gasteiger partial charge < -0.3 is 9.72 Å². The lowest BCUT2D eigenvalue weighted by atomic mass is 9.91. The van der Waals surface area contributed by atoms with Gasteiger partial charge in [-0.2, -0.15) is 0 Å². The van der Waals surface area contributed by atoms with Gasteiger partial charge in [-0.3, -0.25) is 9.59 Å². The van der Waals surface area contributed by atoms with E-state index in [-0.39, 0.29) is 11.3 Å². The monoisotopic (exact) mass is 367 g/mol. The molecule has 3 rings (SSSR count). The van der Waals surface area contributed by atoms with Gasteiger partial charge in [-0.15, -0.1) is 11.3 Å². The molecule has 0 aliphatic heterocycles. The summed E-state index contributed by atoms with van der Waals surface area (Å²) in [6.07, 6.45) is 3.35. The molecule has 0 saturated carbocycles. The van der Waals surface area contributed by atoms with Gasteiger partial charge in [-0.25, -0.2) is 0 Å². The summed E-state index contributed by atoms with van der Waals surface area (Å²) in [5, 5.41) is 2.15. The molecular formula is C21H21NO3S. The normalized spacial score (nSPS) is 13.4. The second-order valence-corrected chi connectivity index (χ2v) is 8.24. The van der Waals surface area contributed by atoms with Crippen LogP contribution < -0.4 is 19.5 Å². The van der Waals surface area contributed by atoms with E-state index in [0.717, 1.165) is 22.1 Å². The Balaban J connectivity index is 2.03. The Bertz CT molecular complexity index is 1150. The first kappa shape index (κ1) is 18.1. The first-order valence-corrected chi connectivity index (χ1v) is 9.13. The van der Waals surface area contributed by atoms with Crippen molar-refractivity contribution in [3.8, 4) is 5.75 Å². The van der Waals surface area contributed by atoms with Crippen LogP contribution in [0.15, 0.2) is 41.2 Å². The van der Waals surface area contributed by atoms with Crippen LogP contribution in [-0.4, -0.2) is 17.9 Å². The Morgan fingerprint density at radius 3 is 2.50 bits per heavy atom. The van der Waals surface area contributed by atoms with Gasteiger partial charge in [-0.1, -0.05) is 39.0 Å². The van der Waals surface area contributed by atoms with Crippen LogP contribution in [0.2, 0.25) is 0 Å². The maximum atomic E-state index is 12.2. The molecule has 4 nitrogen and oxygen atoms in total.